The third-order valence-electron chi connectivity index (χ3n) is 3.70. The van der Waals surface area contributed by atoms with E-state index in [-0.39, 0.29) is 12.0 Å². The molecule has 0 bridgehead atoms. The maximum Gasteiger partial charge on any atom is 0.271 e. The van der Waals surface area contributed by atoms with Gasteiger partial charge in [-0.1, -0.05) is 23.7 Å². The number of carbonyl (C=O) groups is 1. The van der Waals surface area contributed by atoms with Gasteiger partial charge in [-0.15, -0.1) is 0 Å². The minimum atomic E-state index is -0.291. The molecule has 1 aromatic heterocycles. The van der Waals surface area contributed by atoms with E-state index < -0.39 is 0 Å². The zero-order chi connectivity index (χ0) is 14.8. The Balaban J connectivity index is 1.75. The van der Waals surface area contributed by atoms with E-state index in [1.165, 1.54) is 0 Å². The van der Waals surface area contributed by atoms with E-state index in [4.69, 9.17) is 11.6 Å². The Morgan fingerprint density at radius 2 is 1.95 bits per heavy atom. The first-order valence-electron chi connectivity index (χ1n) is 6.92. The Hall–Kier alpha value is -1.85. The number of carbonyl (C=O) groups excluding carboxylic acids is 1. The van der Waals surface area contributed by atoms with Crippen LogP contribution in [0.1, 0.15) is 23.3 Å². The predicted octanol–water partition coefficient (Wildman–Crippen LogP) is 2.33. The molecule has 0 radical (unpaired) electrons. The number of hydrogen-bond donors (Lipinski definition) is 2. The van der Waals surface area contributed by atoms with Gasteiger partial charge < -0.3 is 10.0 Å². The average Bonchev–Trinajstić information content (AvgIpc) is 2.98. The lowest BCUT2D eigenvalue weighted by atomic mass is 10.1. The normalized spacial score (nSPS) is 16.2. The summed E-state index contributed by atoms with van der Waals surface area (Å²) in [5.41, 5.74) is 2.09. The third-order valence-corrected chi connectivity index (χ3v) is 3.95. The van der Waals surface area contributed by atoms with Crippen molar-refractivity contribution in [2.45, 2.75) is 18.9 Å². The number of halogens is 1. The highest BCUT2D eigenvalue weighted by Gasteiger charge is 2.23. The summed E-state index contributed by atoms with van der Waals surface area (Å²) in [7, 11) is 0. The Labute approximate surface area is 127 Å². The van der Waals surface area contributed by atoms with E-state index in [1.54, 1.807) is 23.1 Å². The second-order valence-electron chi connectivity index (χ2n) is 5.20. The molecule has 6 heteroatoms. The van der Waals surface area contributed by atoms with Gasteiger partial charge in [-0.25, -0.2) is 0 Å². The van der Waals surface area contributed by atoms with Crippen LogP contribution in [0.4, 0.5) is 0 Å². The van der Waals surface area contributed by atoms with Crippen LogP contribution < -0.4 is 0 Å². The summed E-state index contributed by atoms with van der Waals surface area (Å²) in [5.74, 6) is -0.0744. The summed E-state index contributed by atoms with van der Waals surface area (Å²) in [4.78, 5) is 14.1. The largest absolute Gasteiger partial charge is 0.393 e. The number of rotatable bonds is 2. The van der Waals surface area contributed by atoms with Crippen molar-refractivity contribution in [2.24, 2.45) is 0 Å². The van der Waals surface area contributed by atoms with Crippen LogP contribution in [0.2, 0.25) is 5.02 Å². The number of aliphatic hydroxyl groups is 1. The maximum atomic E-state index is 12.4. The van der Waals surface area contributed by atoms with Crippen molar-refractivity contribution in [1.29, 1.82) is 0 Å². The number of hydrogen-bond acceptors (Lipinski definition) is 3. The number of piperidine rings is 1. The Morgan fingerprint density at radius 1 is 1.29 bits per heavy atom. The molecule has 2 N–H and O–H groups in total. The first kappa shape index (κ1) is 14.1. The molecule has 1 fully saturated rings. The number of likely N-dealkylation sites (tertiary alicyclic amines) is 1. The van der Waals surface area contributed by atoms with Crippen molar-refractivity contribution in [3.8, 4) is 11.3 Å². The van der Waals surface area contributed by atoms with Crippen LogP contribution in [-0.2, 0) is 0 Å². The lowest BCUT2D eigenvalue weighted by Gasteiger charge is -2.29. The molecule has 0 spiro atoms. The molecule has 0 unspecified atom stereocenters. The zero-order valence-corrected chi connectivity index (χ0v) is 12.2. The molecule has 1 saturated heterocycles. The molecule has 110 valence electrons. The highest BCUT2D eigenvalue weighted by Crippen LogP contribution is 2.21. The highest BCUT2D eigenvalue weighted by atomic mass is 35.5. The van der Waals surface area contributed by atoms with Crippen molar-refractivity contribution >= 4 is 17.5 Å². The van der Waals surface area contributed by atoms with Gasteiger partial charge in [-0.05, 0) is 31.0 Å². The molecule has 2 heterocycles. The smallest absolute Gasteiger partial charge is 0.271 e. The molecule has 1 aliphatic rings. The van der Waals surface area contributed by atoms with Crippen LogP contribution in [0.5, 0.6) is 0 Å². The summed E-state index contributed by atoms with van der Waals surface area (Å²) < 4.78 is 0. The third kappa shape index (κ3) is 3.09. The van der Waals surface area contributed by atoms with E-state index in [1.807, 2.05) is 12.1 Å². The molecule has 0 saturated carbocycles. The summed E-state index contributed by atoms with van der Waals surface area (Å²) in [6.07, 6.45) is 0.967. The van der Waals surface area contributed by atoms with Gasteiger partial charge in [0.25, 0.3) is 5.91 Å². The Kier molecular flexibility index (Phi) is 3.94. The molecule has 1 aliphatic heterocycles. The second kappa shape index (κ2) is 5.87. The first-order chi connectivity index (χ1) is 10.1. The van der Waals surface area contributed by atoms with Crippen molar-refractivity contribution in [2.75, 3.05) is 13.1 Å². The molecule has 1 aromatic carbocycles. The maximum absolute atomic E-state index is 12.4. The van der Waals surface area contributed by atoms with Gasteiger partial charge in [0.2, 0.25) is 0 Å². The molecule has 21 heavy (non-hydrogen) atoms. The van der Waals surface area contributed by atoms with E-state index >= 15 is 0 Å². The summed E-state index contributed by atoms with van der Waals surface area (Å²) in [5, 5.41) is 17.1. The number of aromatic nitrogens is 2. The molecule has 5 nitrogen and oxygen atoms in total. The summed E-state index contributed by atoms with van der Waals surface area (Å²) in [6.45, 7) is 1.16. The average molecular weight is 306 g/mol. The van der Waals surface area contributed by atoms with Gasteiger partial charge >= 0.3 is 0 Å². The van der Waals surface area contributed by atoms with Gasteiger partial charge in [0.05, 0.1) is 11.8 Å². The summed E-state index contributed by atoms with van der Waals surface area (Å²) >= 11 is 5.86. The van der Waals surface area contributed by atoms with E-state index in [0.29, 0.717) is 42.3 Å². The van der Waals surface area contributed by atoms with Gasteiger partial charge in [-0.3, -0.25) is 9.89 Å². The number of benzene rings is 1. The van der Waals surface area contributed by atoms with Gasteiger partial charge in [0, 0.05) is 23.7 Å². The van der Waals surface area contributed by atoms with Gasteiger partial charge in [0.1, 0.15) is 5.69 Å². The fourth-order valence-electron chi connectivity index (χ4n) is 2.44. The Morgan fingerprint density at radius 3 is 2.62 bits per heavy atom. The summed E-state index contributed by atoms with van der Waals surface area (Å²) in [6, 6.07) is 9.06. The number of H-pyrrole nitrogens is 1. The molecule has 2 aromatic rings. The lowest BCUT2D eigenvalue weighted by Crippen LogP contribution is -2.40. The van der Waals surface area contributed by atoms with Crippen molar-refractivity contribution in [3.05, 3.63) is 41.0 Å². The van der Waals surface area contributed by atoms with E-state index in [9.17, 15) is 9.90 Å². The number of aliphatic hydroxyl groups excluding tert-OH is 1. The predicted molar refractivity (Wildman–Crippen MR) is 80.2 cm³/mol. The minimum absolute atomic E-state index is 0.0744. The van der Waals surface area contributed by atoms with E-state index in [0.717, 1.165) is 5.56 Å². The highest BCUT2D eigenvalue weighted by molar-refractivity contribution is 6.30. The topological polar surface area (TPSA) is 69.2 Å². The van der Waals surface area contributed by atoms with Crippen LogP contribution in [0.3, 0.4) is 0 Å². The second-order valence-corrected chi connectivity index (χ2v) is 5.63. The number of amides is 1. The molecule has 1 amide bonds. The standard InChI is InChI=1S/C15H16ClN3O2/c16-11-3-1-10(2-4-11)13-9-14(18-17-13)15(21)19-7-5-12(20)6-8-19/h1-4,9,12,20H,5-8H2,(H,17,18). The lowest BCUT2D eigenvalue weighted by molar-refractivity contribution is 0.0541. The zero-order valence-electron chi connectivity index (χ0n) is 11.4. The first-order valence-corrected chi connectivity index (χ1v) is 7.30. The van der Waals surface area contributed by atoms with Crippen LogP contribution in [0.25, 0.3) is 11.3 Å². The number of aromatic amines is 1. The van der Waals surface area contributed by atoms with Crippen LogP contribution >= 0.6 is 11.6 Å². The molecular weight excluding hydrogens is 290 g/mol. The van der Waals surface area contributed by atoms with Gasteiger partial charge in [0.15, 0.2) is 0 Å². The molecule has 0 atom stereocenters. The molecular formula is C15H16ClN3O2. The molecule has 3 rings (SSSR count). The van der Waals surface area contributed by atoms with E-state index in [2.05, 4.69) is 10.2 Å². The monoisotopic (exact) mass is 305 g/mol. The van der Waals surface area contributed by atoms with Crippen LogP contribution in [0.15, 0.2) is 30.3 Å². The van der Waals surface area contributed by atoms with Gasteiger partial charge in [-0.2, -0.15) is 5.10 Å². The van der Waals surface area contributed by atoms with Crippen molar-refractivity contribution < 1.29 is 9.90 Å². The quantitative estimate of drug-likeness (QED) is 0.894. The minimum Gasteiger partial charge on any atom is -0.393 e. The Bertz CT molecular complexity index is 631. The van der Waals surface area contributed by atoms with Crippen LogP contribution in [0, 0.1) is 0 Å². The van der Waals surface area contributed by atoms with Crippen molar-refractivity contribution in [3.63, 3.8) is 0 Å². The molecule has 0 aliphatic carbocycles. The fourth-order valence-corrected chi connectivity index (χ4v) is 2.57. The van der Waals surface area contributed by atoms with Crippen molar-refractivity contribution in [1.82, 2.24) is 15.1 Å². The SMILES string of the molecule is O=C(c1cc(-c2ccc(Cl)cc2)n[nH]1)N1CCC(O)CC1. The fraction of sp³-hybridized carbons (Fsp3) is 0.333. The number of nitrogens with zero attached hydrogens (tertiary/aromatic N) is 2. The van der Waals surface area contributed by atoms with Crippen LogP contribution in [-0.4, -0.2) is 45.3 Å². The number of nitrogens with one attached hydrogen (secondary N) is 1.